The highest BCUT2D eigenvalue weighted by Crippen LogP contribution is 2.55. The quantitative estimate of drug-likeness (QED) is 0.259. The van der Waals surface area contributed by atoms with E-state index in [1.807, 2.05) is 45.9 Å². The lowest BCUT2D eigenvalue weighted by molar-refractivity contribution is -0.164. The topological polar surface area (TPSA) is 152 Å². The highest BCUT2D eigenvalue weighted by atomic mass is 19.4. The van der Waals surface area contributed by atoms with Gasteiger partial charge >= 0.3 is 6.18 Å². The number of benzene rings is 3. The minimum Gasteiger partial charge on any atom is -0.489 e. The van der Waals surface area contributed by atoms with E-state index in [1.54, 1.807) is 30.3 Å². The summed E-state index contributed by atoms with van der Waals surface area (Å²) in [5.74, 6) is -2.34. The number of nitriles is 1. The van der Waals surface area contributed by atoms with Gasteiger partial charge < -0.3 is 15.0 Å². The smallest absolute Gasteiger partial charge is 0.417 e. The van der Waals surface area contributed by atoms with E-state index in [-0.39, 0.29) is 41.7 Å². The molecule has 304 valence electrons. The first-order chi connectivity index (χ1) is 27.4. The molecule has 3 fully saturated rings. The zero-order chi connectivity index (χ0) is 41.7. The van der Waals surface area contributed by atoms with Gasteiger partial charge in [0, 0.05) is 60.7 Å². The number of piperazine rings is 1. The summed E-state index contributed by atoms with van der Waals surface area (Å²) in [6, 6.07) is 16.2. The van der Waals surface area contributed by atoms with Crippen molar-refractivity contribution >= 4 is 35.2 Å². The van der Waals surface area contributed by atoms with Gasteiger partial charge in [-0.15, -0.1) is 0 Å². The first-order valence-electron chi connectivity index (χ1n) is 19.4. The number of hydrogen-bond donors (Lipinski definition) is 2. The van der Waals surface area contributed by atoms with Crippen LogP contribution >= 0.6 is 0 Å². The third-order valence-corrected chi connectivity index (χ3v) is 12.1. The number of imide groups is 2. The summed E-state index contributed by atoms with van der Waals surface area (Å²) in [6.07, 6.45) is -3.31. The summed E-state index contributed by atoms with van der Waals surface area (Å²) in [5, 5.41) is 14.5. The molecule has 0 bridgehead atoms. The van der Waals surface area contributed by atoms with Crippen LogP contribution < -0.4 is 20.3 Å². The molecule has 3 aliphatic heterocycles. The summed E-state index contributed by atoms with van der Waals surface area (Å²) in [5.41, 5.74) is 0.199. The number of rotatable bonds is 10. The third kappa shape index (κ3) is 7.53. The standard InChI is InChI=1S/C43H45F3N6O6/c1-41(2)39(42(3,4)40(41)58-29-13-11-27(24-47)32(23-29)43(44,45)46)49-35(54)26-9-7-25(8-10-26)6-5-17-50-18-20-51(21-19-50)28-12-14-30-31(22-28)38(57)52(37(30)56)33-15-16-34(53)48-36(33)55/h7-14,22-23,33,39-40H,5-6,15-21H2,1-4H3,(H,49,54)(H,48,53,55). The highest BCUT2D eigenvalue weighted by Gasteiger charge is 2.64. The van der Waals surface area contributed by atoms with E-state index in [4.69, 9.17) is 10.00 Å². The van der Waals surface area contributed by atoms with Crippen molar-refractivity contribution in [2.45, 2.75) is 77.7 Å². The van der Waals surface area contributed by atoms with Gasteiger partial charge in [-0.25, -0.2) is 0 Å². The van der Waals surface area contributed by atoms with E-state index < -0.39 is 63.9 Å². The normalized spacial score (nSPS) is 22.8. The Labute approximate surface area is 334 Å². The second kappa shape index (κ2) is 15.2. The van der Waals surface area contributed by atoms with Crippen molar-refractivity contribution in [2.75, 3.05) is 37.6 Å². The van der Waals surface area contributed by atoms with Crippen LogP contribution in [0.5, 0.6) is 5.75 Å². The average molecular weight is 799 g/mol. The number of alkyl halides is 3. The number of aryl methyl sites for hydroxylation is 1. The second-order valence-corrected chi connectivity index (χ2v) is 16.7. The lowest BCUT2D eigenvalue weighted by Crippen LogP contribution is -2.74. The van der Waals surface area contributed by atoms with Crippen molar-refractivity contribution in [2.24, 2.45) is 10.8 Å². The summed E-state index contributed by atoms with van der Waals surface area (Å²) in [6.45, 7) is 11.6. The molecule has 3 heterocycles. The molecule has 3 aromatic rings. The molecule has 1 unspecified atom stereocenters. The van der Waals surface area contributed by atoms with Gasteiger partial charge in [-0.3, -0.25) is 39.1 Å². The molecule has 1 aliphatic carbocycles. The fourth-order valence-electron chi connectivity index (χ4n) is 9.29. The number of nitrogens with zero attached hydrogens (tertiary/aromatic N) is 4. The molecule has 7 rings (SSSR count). The fourth-order valence-corrected chi connectivity index (χ4v) is 9.29. The van der Waals surface area contributed by atoms with E-state index >= 15 is 0 Å². The molecular formula is C43H45F3N6O6. The Morgan fingerprint density at radius 1 is 0.914 bits per heavy atom. The summed E-state index contributed by atoms with van der Waals surface area (Å²) < 4.78 is 46.8. The van der Waals surface area contributed by atoms with Crippen molar-refractivity contribution in [3.63, 3.8) is 0 Å². The Kier molecular flexibility index (Phi) is 10.6. The Morgan fingerprint density at radius 3 is 2.22 bits per heavy atom. The van der Waals surface area contributed by atoms with Gasteiger partial charge in [0.15, 0.2) is 0 Å². The molecule has 2 N–H and O–H groups in total. The molecule has 4 aliphatic rings. The molecule has 0 radical (unpaired) electrons. The van der Waals surface area contributed by atoms with Gasteiger partial charge in [-0.2, -0.15) is 18.4 Å². The van der Waals surface area contributed by atoms with Crippen molar-refractivity contribution in [1.29, 1.82) is 5.26 Å². The van der Waals surface area contributed by atoms with Crippen molar-refractivity contribution in [3.05, 3.63) is 94.0 Å². The van der Waals surface area contributed by atoms with Crippen LogP contribution in [0.2, 0.25) is 0 Å². The van der Waals surface area contributed by atoms with Crippen LogP contribution in [0.15, 0.2) is 60.7 Å². The number of carbonyl (C=O) groups is 5. The lowest BCUT2D eigenvalue weighted by atomic mass is 9.49. The van der Waals surface area contributed by atoms with E-state index in [2.05, 4.69) is 20.4 Å². The van der Waals surface area contributed by atoms with Gasteiger partial charge in [-0.1, -0.05) is 39.8 Å². The Morgan fingerprint density at radius 2 is 1.59 bits per heavy atom. The van der Waals surface area contributed by atoms with E-state index in [9.17, 15) is 37.1 Å². The number of anilines is 1. The van der Waals surface area contributed by atoms with E-state index in [0.29, 0.717) is 5.56 Å². The number of nitrogens with one attached hydrogen (secondary N) is 2. The number of hydrogen-bond acceptors (Lipinski definition) is 9. The molecule has 58 heavy (non-hydrogen) atoms. The molecule has 2 saturated heterocycles. The predicted molar refractivity (Wildman–Crippen MR) is 206 cm³/mol. The first-order valence-corrected chi connectivity index (χ1v) is 19.4. The summed E-state index contributed by atoms with van der Waals surface area (Å²) in [4.78, 5) is 69.3. The predicted octanol–water partition coefficient (Wildman–Crippen LogP) is 5.35. The molecule has 3 aromatic carbocycles. The lowest BCUT2D eigenvalue weighted by Gasteiger charge is -2.63. The van der Waals surface area contributed by atoms with Crippen molar-refractivity contribution < 1.29 is 41.9 Å². The number of carbonyl (C=O) groups excluding carboxylic acids is 5. The van der Waals surface area contributed by atoms with E-state index in [1.165, 1.54) is 6.07 Å². The first kappa shape index (κ1) is 40.4. The molecule has 1 atom stereocenters. The molecule has 0 aromatic heterocycles. The van der Waals surface area contributed by atoms with Crippen LogP contribution in [0.4, 0.5) is 18.9 Å². The number of piperidine rings is 1. The van der Waals surface area contributed by atoms with Gasteiger partial charge in [0.25, 0.3) is 17.7 Å². The summed E-state index contributed by atoms with van der Waals surface area (Å²) >= 11 is 0. The van der Waals surface area contributed by atoms with Crippen molar-refractivity contribution in [1.82, 2.24) is 20.4 Å². The largest absolute Gasteiger partial charge is 0.489 e. The van der Waals surface area contributed by atoms with Crippen LogP contribution in [0, 0.1) is 22.2 Å². The van der Waals surface area contributed by atoms with Gasteiger partial charge in [0.05, 0.1) is 28.3 Å². The zero-order valence-electron chi connectivity index (χ0n) is 32.7. The van der Waals surface area contributed by atoms with Crippen LogP contribution in [-0.4, -0.2) is 90.2 Å². The number of amides is 5. The molecule has 0 spiro atoms. The van der Waals surface area contributed by atoms with Gasteiger partial charge in [0.2, 0.25) is 11.8 Å². The maximum absolute atomic E-state index is 13.6. The fraction of sp³-hybridized carbons (Fsp3) is 0.442. The molecule has 15 heteroatoms. The zero-order valence-corrected chi connectivity index (χ0v) is 32.7. The number of fused-ring (bicyclic) bond motifs is 1. The molecule has 5 amide bonds. The Hall–Kier alpha value is -5.75. The van der Waals surface area contributed by atoms with Crippen LogP contribution in [0.25, 0.3) is 0 Å². The van der Waals surface area contributed by atoms with Gasteiger partial charge in [0.1, 0.15) is 17.9 Å². The maximum Gasteiger partial charge on any atom is 0.417 e. The monoisotopic (exact) mass is 798 g/mol. The van der Waals surface area contributed by atoms with Crippen LogP contribution in [0.3, 0.4) is 0 Å². The minimum atomic E-state index is -4.70. The molecule has 12 nitrogen and oxygen atoms in total. The molecular weight excluding hydrogens is 754 g/mol. The third-order valence-electron chi connectivity index (χ3n) is 12.1. The SMILES string of the molecule is CC1(C)C(NC(=O)c2ccc(CCCN3CCN(c4ccc5c(c4)C(=O)N(C4CCC(=O)NC4=O)C5=O)CC3)cc2)C(C)(C)C1Oc1ccc(C#N)c(C(F)(F)F)c1. The molecule has 1 saturated carbocycles. The van der Waals surface area contributed by atoms with Crippen LogP contribution in [0.1, 0.15) is 94.7 Å². The Bertz CT molecular complexity index is 2190. The Balaban J connectivity index is 0.871. The number of halogens is 3. The highest BCUT2D eigenvalue weighted by molar-refractivity contribution is 6.23. The number of ether oxygens (including phenoxy) is 1. The average Bonchev–Trinajstić information content (AvgIpc) is 3.43. The minimum absolute atomic E-state index is 0.0104. The van der Waals surface area contributed by atoms with Crippen molar-refractivity contribution in [3.8, 4) is 11.8 Å². The summed E-state index contributed by atoms with van der Waals surface area (Å²) in [7, 11) is 0. The van der Waals surface area contributed by atoms with E-state index in [0.717, 1.165) is 73.8 Å². The van der Waals surface area contributed by atoms with Gasteiger partial charge in [-0.05, 0) is 79.9 Å². The second-order valence-electron chi connectivity index (χ2n) is 16.7. The van der Waals surface area contributed by atoms with Crippen LogP contribution in [-0.2, 0) is 22.2 Å². The maximum atomic E-state index is 13.6.